The molecule has 0 unspecified atom stereocenters. The van der Waals surface area contributed by atoms with Crippen molar-refractivity contribution in [2.45, 2.75) is 0 Å². The Balaban J connectivity index is 1.73. The molecule has 0 spiro atoms. The van der Waals surface area contributed by atoms with E-state index in [4.69, 9.17) is 4.42 Å². The highest BCUT2D eigenvalue weighted by Gasteiger charge is 2.13. The summed E-state index contributed by atoms with van der Waals surface area (Å²) in [5, 5.41) is 4.35. The molecule has 1 heterocycles. The van der Waals surface area contributed by atoms with Gasteiger partial charge in [0.15, 0.2) is 12.4 Å². The van der Waals surface area contributed by atoms with Crippen LogP contribution in [0.1, 0.15) is 10.6 Å². The van der Waals surface area contributed by atoms with E-state index in [1.807, 2.05) is 0 Å². The lowest BCUT2D eigenvalue weighted by Gasteiger charge is -2.08. The highest BCUT2D eigenvalue weighted by Crippen LogP contribution is 2.14. The average molecular weight is 338 g/mol. The molecule has 0 atom stereocenters. The van der Waals surface area contributed by atoms with Crippen LogP contribution in [0.15, 0.2) is 41.0 Å². The van der Waals surface area contributed by atoms with E-state index in [-0.39, 0.29) is 11.4 Å². The number of carbonyl (C=O) groups is 3. The fraction of sp³-hybridized carbons (Fsp3) is 0.133. The first-order valence-electron chi connectivity index (χ1n) is 6.68. The van der Waals surface area contributed by atoms with Gasteiger partial charge in [0.05, 0.1) is 12.0 Å². The van der Waals surface area contributed by atoms with E-state index in [0.29, 0.717) is 6.07 Å². The second-order valence-electron chi connectivity index (χ2n) is 4.49. The summed E-state index contributed by atoms with van der Waals surface area (Å²) in [7, 11) is 0. The summed E-state index contributed by atoms with van der Waals surface area (Å²) in [6.07, 6.45) is 1.30. The van der Waals surface area contributed by atoms with Gasteiger partial charge in [0.25, 0.3) is 11.8 Å². The molecule has 1 aromatic carbocycles. The number of nitrogens with one attached hydrogen (secondary N) is 2. The summed E-state index contributed by atoms with van der Waals surface area (Å²) in [5.74, 6) is -4.03. The molecule has 0 aliphatic heterocycles. The number of esters is 1. The quantitative estimate of drug-likeness (QED) is 0.778. The summed E-state index contributed by atoms with van der Waals surface area (Å²) in [5.41, 5.74) is -0.247. The maximum atomic E-state index is 13.3. The number of carbonyl (C=O) groups excluding carboxylic acids is 3. The summed E-state index contributed by atoms with van der Waals surface area (Å²) >= 11 is 0. The van der Waals surface area contributed by atoms with Crippen molar-refractivity contribution < 1.29 is 32.3 Å². The highest BCUT2D eigenvalue weighted by atomic mass is 19.1. The number of ether oxygens (including phenoxy) is 1. The van der Waals surface area contributed by atoms with Crippen molar-refractivity contribution in [3.63, 3.8) is 0 Å². The predicted octanol–water partition coefficient (Wildman–Crippen LogP) is 1.47. The standard InChI is InChI=1S/C15H12F2N2O5/c16-9-3-4-11(10(17)6-9)19-13(20)8-24-14(21)7-18-15(22)12-2-1-5-23-12/h1-6H,7-8H2,(H,18,22)(H,19,20). The van der Waals surface area contributed by atoms with Gasteiger partial charge in [-0.15, -0.1) is 0 Å². The molecule has 0 saturated carbocycles. The molecular weight excluding hydrogens is 326 g/mol. The molecule has 24 heavy (non-hydrogen) atoms. The third kappa shape index (κ3) is 4.90. The van der Waals surface area contributed by atoms with E-state index in [1.54, 1.807) is 0 Å². The first-order valence-corrected chi connectivity index (χ1v) is 6.68. The van der Waals surface area contributed by atoms with E-state index in [0.717, 1.165) is 12.1 Å². The van der Waals surface area contributed by atoms with Gasteiger partial charge in [0, 0.05) is 6.07 Å². The van der Waals surface area contributed by atoms with Gasteiger partial charge in [-0.2, -0.15) is 0 Å². The van der Waals surface area contributed by atoms with E-state index < -0.39 is 42.6 Å². The molecule has 1 aromatic heterocycles. The fourth-order valence-electron chi connectivity index (χ4n) is 1.62. The highest BCUT2D eigenvalue weighted by molar-refractivity contribution is 5.95. The van der Waals surface area contributed by atoms with Crippen molar-refractivity contribution in [1.82, 2.24) is 5.32 Å². The Morgan fingerprint density at radius 2 is 1.96 bits per heavy atom. The number of benzene rings is 1. The van der Waals surface area contributed by atoms with Crippen molar-refractivity contribution in [3.05, 3.63) is 54.0 Å². The Bertz CT molecular complexity index is 746. The van der Waals surface area contributed by atoms with Crippen LogP contribution in [0.25, 0.3) is 0 Å². The van der Waals surface area contributed by atoms with Crippen LogP contribution in [-0.2, 0) is 14.3 Å². The third-order valence-corrected chi connectivity index (χ3v) is 2.71. The normalized spacial score (nSPS) is 10.1. The number of furan rings is 1. The summed E-state index contributed by atoms with van der Waals surface area (Å²) < 4.78 is 35.5. The number of halogens is 2. The first-order chi connectivity index (χ1) is 11.5. The minimum absolute atomic E-state index is 0.0207. The molecule has 2 N–H and O–H groups in total. The van der Waals surface area contributed by atoms with Crippen molar-refractivity contribution in [3.8, 4) is 0 Å². The monoisotopic (exact) mass is 338 g/mol. The molecule has 0 bridgehead atoms. The lowest BCUT2D eigenvalue weighted by Crippen LogP contribution is -2.32. The topological polar surface area (TPSA) is 97.6 Å². The molecule has 2 aromatic rings. The molecule has 0 radical (unpaired) electrons. The Kier molecular flexibility index (Phi) is 5.61. The van der Waals surface area contributed by atoms with Gasteiger partial charge in [0.1, 0.15) is 18.2 Å². The van der Waals surface area contributed by atoms with Gasteiger partial charge < -0.3 is 19.8 Å². The van der Waals surface area contributed by atoms with Crippen molar-refractivity contribution in [1.29, 1.82) is 0 Å². The van der Waals surface area contributed by atoms with Crippen LogP contribution in [0.5, 0.6) is 0 Å². The molecule has 0 aliphatic carbocycles. The zero-order valence-corrected chi connectivity index (χ0v) is 12.2. The van der Waals surface area contributed by atoms with Crippen LogP contribution >= 0.6 is 0 Å². The largest absolute Gasteiger partial charge is 0.459 e. The number of hydrogen-bond donors (Lipinski definition) is 2. The smallest absolute Gasteiger partial charge is 0.325 e. The van der Waals surface area contributed by atoms with Crippen LogP contribution in [0.3, 0.4) is 0 Å². The average Bonchev–Trinajstić information content (AvgIpc) is 3.08. The molecule has 2 rings (SSSR count). The van der Waals surface area contributed by atoms with Crippen LogP contribution in [0.4, 0.5) is 14.5 Å². The summed E-state index contributed by atoms with van der Waals surface area (Å²) in [6.45, 7) is -1.16. The maximum Gasteiger partial charge on any atom is 0.325 e. The number of rotatable bonds is 6. The van der Waals surface area contributed by atoms with Gasteiger partial charge >= 0.3 is 5.97 Å². The molecule has 2 amide bonds. The zero-order chi connectivity index (χ0) is 17.5. The number of anilines is 1. The molecule has 0 aliphatic rings. The van der Waals surface area contributed by atoms with Crippen molar-refractivity contribution in [2.24, 2.45) is 0 Å². The van der Waals surface area contributed by atoms with Gasteiger partial charge in [-0.05, 0) is 24.3 Å². The van der Waals surface area contributed by atoms with Crippen LogP contribution in [-0.4, -0.2) is 30.9 Å². The zero-order valence-electron chi connectivity index (χ0n) is 12.2. The first kappa shape index (κ1) is 17.1. The minimum atomic E-state index is -0.958. The van der Waals surface area contributed by atoms with E-state index in [1.165, 1.54) is 18.4 Å². The second kappa shape index (κ2) is 7.86. The van der Waals surface area contributed by atoms with Gasteiger partial charge in [-0.3, -0.25) is 14.4 Å². The molecule has 9 heteroatoms. The Hall–Kier alpha value is -3.23. The SMILES string of the molecule is O=C(COC(=O)CNC(=O)c1ccco1)Nc1ccc(F)cc1F. The number of hydrogen-bond acceptors (Lipinski definition) is 5. The van der Waals surface area contributed by atoms with Crippen LogP contribution < -0.4 is 10.6 Å². The molecule has 7 nitrogen and oxygen atoms in total. The lowest BCUT2D eigenvalue weighted by molar-refractivity contribution is -0.146. The van der Waals surface area contributed by atoms with Gasteiger partial charge in [-0.25, -0.2) is 8.78 Å². The Morgan fingerprint density at radius 1 is 1.17 bits per heavy atom. The van der Waals surface area contributed by atoms with E-state index >= 15 is 0 Å². The molecule has 0 saturated heterocycles. The van der Waals surface area contributed by atoms with Crippen molar-refractivity contribution in [2.75, 3.05) is 18.5 Å². The Morgan fingerprint density at radius 3 is 2.62 bits per heavy atom. The van der Waals surface area contributed by atoms with E-state index in [2.05, 4.69) is 15.4 Å². The Labute approximate surface area is 134 Å². The van der Waals surface area contributed by atoms with Crippen molar-refractivity contribution >= 4 is 23.5 Å². The van der Waals surface area contributed by atoms with Gasteiger partial charge in [-0.1, -0.05) is 0 Å². The maximum absolute atomic E-state index is 13.3. The predicted molar refractivity (Wildman–Crippen MR) is 77.0 cm³/mol. The van der Waals surface area contributed by atoms with Gasteiger partial charge in [0.2, 0.25) is 0 Å². The lowest BCUT2D eigenvalue weighted by atomic mass is 10.3. The van der Waals surface area contributed by atoms with E-state index in [9.17, 15) is 23.2 Å². The third-order valence-electron chi connectivity index (χ3n) is 2.71. The molecular formula is C15H12F2N2O5. The summed E-state index contributed by atoms with van der Waals surface area (Å²) in [6, 6.07) is 5.52. The second-order valence-corrected chi connectivity index (χ2v) is 4.49. The summed E-state index contributed by atoms with van der Waals surface area (Å²) in [4.78, 5) is 34.4. The van der Waals surface area contributed by atoms with Crippen LogP contribution in [0, 0.1) is 11.6 Å². The van der Waals surface area contributed by atoms with Crippen LogP contribution in [0.2, 0.25) is 0 Å². The molecule has 0 fully saturated rings. The number of amides is 2. The molecule has 126 valence electrons. The fourth-order valence-corrected chi connectivity index (χ4v) is 1.62. The minimum Gasteiger partial charge on any atom is -0.459 e.